The Balaban J connectivity index is 2.69. The molecule has 0 amide bonds. The van der Waals surface area contributed by atoms with Crippen molar-refractivity contribution >= 4 is 5.97 Å². The summed E-state index contributed by atoms with van der Waals surface area (Å²) in [6.45, 7) is 1.65. The molecule has 0 bridgehead atoms. The van der Waals surface area contributed by atoms with Gasteiger partial charge in [0.2, 0.25) is 0 Å². The molecule has 3 unspecified atom stereocenters. The molecule has 0 aromatic heterocycles. The molecule has 1 N–H and O–H groups in total. The van der Waals surface area contributed by atoms with Crippen molar-refractivity contribution in [1.29, 1.82) is 0 Å². The van der Waals surface area contributed by atoms with Gasteiger partial charge in [-0.25, -0.2) is 4.39 Å². The first kappa shape index (κ1) is 10.0. The smallest absolute Gasteiger partial charge is 0.307 e. The maximum Gasteiger partial charge on any atom is 0.307 e. The van der Waals surface area contributed by atoms with Gasteiger partial charge in [0.25, 0.3) is 0 Å². The van der Waals surface area contributed by atoms with E-state index in [4.69, 9.17) is 5.11 Å². The van der Waals surface area contributed by atoms with Gasteiger partial charge >= 0.3 is 5.97 Å². The highest BCUT2D eigenvalue weighted by molar-refractivity contribution is 5.71. The summed E-state index contributed by atoms with van der Waals surface area (Å²) in [7, 11) is 0. The van der Waals surface area contributed by atoms with Crippen LogP contribution in [0.4, 0.5) is 4.39 Å². The molecule has 0 heterocycles. The van der Waals surface area contributed by atoms with E-state index in [0.717, 1.165) is 0 Å². The number of hydrogen-bond donors (Lipinski definition) is 1. The van der Waals surface area contributed by atoms with Crippen LogP contribution in [0.15, 0.2) is 0 Å². The highest BCUT2D eigenvalue weighted by Crippen LogP contribution is 2.31. The summed E-state index contributed by atoms with van der Waals surface area (Å²) >= 11 is 0. The number of hydrogen-bond acceptors (Lipinski definition) is 1. The highest BCUT2D eigenvalue weighted by atomic mass is 19.1. The Bertz CT molecular complexity index is 251. The van der Waals surface area contributed by atoms with Gasteiger partial charge in [-0.15, -0.1) is 5.92 Å². The predicted octanol–water partition coefficient (Wildman–Crippen LogP) is 1.85. The lowest BCUT2D eigenvalue weighted by molar-refractivity contribution is -0.144. The minimum atomic E-state index is -0.874. The third kappa shape index (κ3) is 2.45. The van der Waals surface area contributed by atoms with E-state index in [1.54, 1.807) is 6.92 Å². The molecule has 1 aliphatic rings. The van der Waals surface area contributed by atoms with Crippen molar-refractivity contribution in [2.24, 2.45) is 11.8 Å². The number of carboxylic acids is 1. The van der Waals surface area contributed by atoms with Gasteiger partial charge in [-0.3, -0.25) is 4.79 Å². The zero-order valence-corrected chi connectivity index (χ0v) is 7.59. The normalized spacial score (nSPS) is 33.2. The molecule has 72 valence electrons. The Kier molecular flexibility index (Phi) is 3.30. The van der Waals surface area contributed by atoms with Crippen molar-refractivity contribution in [2.75, 3.05) is 0 Å². The molecule has 1 saturated carbocycles. The van der Waals surface area contributed by atoms with E-state index in [-0.39, 0.29) is 12.3 Å². The first-order valence-corrected chi connectivity index (χ1v) is 4.44. The summed E-state index contributed by atoms with van der Waals surface area (Å²) in [6, 6.07) is 0. The van der Waals surface area contributed by atoms with Gasteiger partial charge < -0.3 is 5.11 Å². The Hall–Kier alpha value is -1.04. The average molecular weight is 184 g/mol. The van der Waals surface area contributed by atoms with Crippen molar-refractivity contribution in [2.45, 2.75) is 32.4 Å². The van der Waals surface area contributed by atoms with Gasteiger partial charge in [0, 0.05) is 5.92 Å². The molecule has 0 aromatic rings. The average Bonchev–Trinajstić information content (AvgIpc) is 2.04. The van der Waals surface area contributed by atoms with Crippen molar-refractivity contribution in [3.05, 3.63) is 0 Å². The monoisotopic (exact) mass is 184 g/mol. The second-order valence-corrected chi connectivity index (χ2v) is 3.36. The van der Waals surface area contributed by atoms with Crippen LogP contribution in [-0.2, 0) is 4.79 Å². The van der Waals surface area contributed by atoms with Crippen LogP contribution in [-0.4, -0.2) is 17.2 Å². The topological polar surface area (TPSA) is 37.3 Å². The molecule has 13 heavy (non-hydrogen) atoms. The van der Waals surface area contributed by atoms with Crippen molar-refractivity contribution < 1.29 is 14.3 Å². The minimum absolute atomic E-state index is 0.276. The van der Waals surface area contributed by atoms with Crippen LogP contribution in [0.25, 0.3) is 0 Å². The van der Waals surface area contributed by atoms with Gasteiger partial charge in [-0.05, 0) is 26.2 Å². The molecule has 3 atom stereocenters. The van der Waals surface area contributed by atoms with E-state index >= 15 is 0 Å². The van der Waals surface area contributed by atoms with Crippen molar-refractivity contribution in [1.82, 2.24) is 0 Å². The lowest BCUT2D eigenvalue weighted by atomic mass is 9.79. The van der Waals surface area contributed by atoms with E-state index in [0.29, 0.717) is 12.8 Å². The van der Waals surface area contributed by atoms with Crippen molar-refractivity contribution in [3.63, 3.8) is 0 Å². The standard InChI is InChI=1S/C10H13FO2/c1-2-3-7-6-8(11)4-5-9(7)10(12)13/h7-9H,4-6H2,1H3,(H,12,13). The van der Waals surface area contributed by atoms with Gasteiger partial charge in [0.1, 0.15) is 6.17 Å². The van der Waals surface area contributed by atoms with Gasteiger partial charge in [-0.1, -0.05) is 5.92 Å². The third-order valence-corrected chi connectivity index (χ3v) is 2.43. The zero-order valence-electron chi connectivity index (χ0n) is 7.59. The first-order valence-electron chi connectivity index (χ1n) is 4.44. The van der Waals surface area contributed by atoms with Gasteiger partial charge in [-0.2, -0.15) is 0 Å². The number of alkyl halides is 1. The van der Waals surface area contributed by atoms with Crippen molar-refractivity contribution in [3.8, 4) is 11.8 Å². The molecule has 0 aliphatic heterocycles. The molecule has 3 heteroatoms. The number of carbonyl (C=O) groups is 1. The SMILES string of the molecule is CC#CC1CC(F)CCC1C(=O)O. The van der Waals surface area contributed by atoms with Crippen LogP contribution in [0.1, 0.15) is 26.2 Å². The Labute approximate surface area is 77.1 Å². The second kappa shape index (κ2) is 4.27. The first-order chi connectivity index (χ1) is 6.15. The summed E-state index contributed by atoms with van der Waals surface area (Å²) < 4.78 is 12.9. The summed E-state index contributed by atoms with van der Waals surface area (Å²) in [5.74, 6) is 3.82. The largest absolute Gasteiger partial charge is 0.481 e. The summed E-state index contributed by atoms with van der Waals surface area (Å²) in [5, 5.41) is 8.83. The van der Waals surface area contributed by atoms with E-state index in [1.165, 1.54) is 0 Å². The second-order valence-electron chi connectivity index (χ2n) is 3.36. The third-order valence-electron chi connectivity index (χ3n) is 2.43. The van der Waals surface area contributed by atoms with Crippen LogP contribution in [0.2, 0.25) is 0 Å². The number of carboxylic acid groups (broad SMARTS) is 1. The molecule has 0 radical (unpaired) electrons. The van der Waals surface area contributed by atoms with Gasteiger partial charge in [0.15, 0.2) is 0 Å². The van der Waals surface area contributed by atoms with Crippen LogP contribution >= 0.6 is 0 Å². The lowest BCUT2D eigenvalue weighted by Crippen LogP contribution is -2.30. The number of rotatable bonds is 1. The van der Waals surface area contributed by atoms with Crippen LogP contribution in [0.3, 0.4) is 0 Å². The van der Waals surface area contributed by atoms with E-state index in [9.17, 15) is 9.18 Å². The quantitative estimate of drug-likeness (QED) is 0.631. The summed E-state index contributed by atoms with van der Waals surface area (Å²) in [6.07, 6.45) is 0.174. The van der Waals surface area contributed by atoms with Gasteiger partial charge in [0.05, 0.1) is 5.92 Å². The Morgan fingerprint density at radius 3 is 2.77 bits per heavy atom. The zero-order chi connectivity index (χ0) is 9.84. The molecule has 1 aliphatic carbocycles. The maximum atomic E-state index is 12.9. The molecule has 1 fully saturated rings. The number of halogens is 1. The molecule has 1 rings (SSSR count). The number of aliphatic carboxylic acids is 1. The molecule has 2 nitrogen and oxygen atoms in total. The Morgan fingerprint density at radius 2 is 2.23 bits per heavy atom. The molecular weight excluding hydrogens is 171 g/mol. The molecular formula is C10H13FO2. The minimum Gasteiger partial charge on any atom is -0.481 e. The van der Waals surface area contributed by atoms with Crippen LogP contribution in [0.5, 0.6) is 0 Å². The highest BCUT2D eigenvalue weighted by Gasteiger charge is 2.33. The lowest BCUT2D eigenvalue weighted by Gasteiger charge is -2.26. The Morgan fingerprint density at radius 1 is 1.54 bits per heavy atom. The maximum absolute atomic E-state index is 12.9. The molecule has 0 saturated heterocycles. The van der Waals surface area contributed by atoms with E-state index in [2.05, 4.69) is 11.8 Å². The fraction of sp³-hybridized carbons (Fsp3) is 0.700. The summed E-state index contributed by atoms with van der Waals surface area (Å²) in [5.41, 5.74) is 0. The van der Waals surface area contributed by atoms with Crippen LogP contribution in [0, 0.1) is 23.7 Å². The molecule has 0 aromatic carbocycles. The van der Waals surface area contributed by atoms with Crippen LogP contribution < -0.4 is 0 Å². The van der Waals surface area contributed by atoms with E-state index in [1.807, 2.05) is 0 Å². The fourth-order valence-corrected chi connectivity index (χ4v) is 1.76. The summed E-state index contributed by atoms with van der Waals surface area (Å²) in [4.78, 5) is 10.8. The van der Waals surface area contributed by atoms with E-state index < -0.39 is 18.1 Å². The predicted molar refractivity (Wildman–Crippen MR) is 46.8 cm³/mol. The molecule has 0 spiro atoms. The fourth-order valence-electron chi connectivity index (χ4n) is 1.76.